The predicted molar refractivity (Wildman–Crippen MR) is 134 cm³/mol. The number of nitrogens with zero attached hydrogens (tertiary/aromatic N) is 2. The molecule has 0 saturated carbocycles. The molecule has 3 nitrogen and oxygen atoms in total. The second-order valence-corrected chi connectivity index (χ2v) is 10.1. The minimum Gasteiger partial charge on any atom is -0.311 e. The standard InChI is InChI=1S/C28H30N2OS/c31-27-21-24-13-7-8-14-26(24)30(27)20-19-29-17-15-25(16-18-29)32-28(22-9-3-1-4-10-22)23-11-5-2-6-12-23/h1-14,25,28H,15-21H2. The Balaban J connectivity index is 1.17. The molecular formula is C28H30N2OS. The van der Waals surface area contributed by atoms with E-state index < -0.39 is 0 Å². The molecule has 32 heavy (non-hydrogen) atoms. The van der Waals surface area contributed by atoms with E-state index in [9.17, 15) is 4.79 Å². The monoisotopic (exact) mass is 442 g/mol. The minimum atomic E-state index is 0.241. The van der Waals surface area contributed by atoms with E-state index in [1.54, 1.807) is 0 Å². The summed E-state index contributed by atoms with van der Waals surface area (Å²) in [6.45, 7) is 3.97. The van der Waals surface area contributed by atoms with Gasteiger partial charge in [0.15, 0.2) is 0 Å². The van der Waals surface area contributed by atoms with Crippen LogP contribution in [0.1, 0.15) is 34.8 Å². The van der Waals surface area contributed by atoms with Crippen LogP contribution in [0.15, 0.2) is 84.9 Å². The van der Waals surface area contributed by atoms with Crippen LogP contribution in [0, 0.1) is 0 Å². The highest BCUT2D eigenvalue weighted by atomic mass is 32.2. The summed E-state index contributed by atoms with van der Waals surface area (Å²) in [6.07, 6.45) is 2.95. The zero-order valence-electron chi connectivity index (χ0n) is 18.4. The summed E-state index contributed by atoms with van der Waals surface area (Å²) in [5.41, 5.74) is 5.05. The van der Waals surface area contributed by atoms with Crippen LogP contribution in [0.4, 0.5) is 5.69 Å². The fourth-order valence-electron chi connectivity index (χ4n) is 4.87. The molecule has 0 unspecified atom stereocenters. The van der Waals surface area contributed by atoms with Gasteiger partial charge in [0.05, 0.1) is 11.7 Å². The molecule has 0 aliphatic carbocycles. The van der Waals surface area contributed by atoms with Crippen molar-refractivity contribution in [3.8, 4) is 0 Å². The number of anilines is 1. The maximum absolute atomic E-state index is 12.5. The molecule has 3 aromatic rings. The molecule has 0 bridgehead atoms. The van der Waals surface area contributed by atoms with Gasteiger partial charge in [-0.15, -0.1) is 11.8 Å². The van der Waals surface area contributed by atoms with E-state index in [-0.39, 0.29) is 5.91 Å². The van der Waals surface area contributed by atoms with Crippen LogP contribution < -0.4 is 4.90 Å². The van der Waals surface area contributed by atoms with E-state index in [4.69, 9.17) is 0 Å². The number of piperidine rings is 1. The van der Waals surface area contributed by atoms with Gasteiger partial charge in [-0.1, -0.05) is 78.9 Å². The maximum Gasteiger partial charge on any atom is 0.231 e. The predicted octanol–water partition coefficient (Wildman–Crippen LogP) is 5.56. The van der Waals surface area contributed by atoms with Gasteiger partial charge in [0.2, 0.25) is 5.91 Å². The van der Waals surface area contributed by atoms with Crippen molar-refractivity contribution in [1.82, 2.24) is 4.90 Å². The summed E-state index contributed by atoms with van der Waals surface area (Å²) >= 11 is 2.12. The number of hydrogen-bond donors (Lipinski definition) is 0. The second kappa shape index (κ2) is 9.93. The largest absolute Gasteiger partial charge is 0.311 e. The lowest BCUT2D eigenvalue weighted by atomic mass is 10.0. The lowest BCUT2D eigenvalue weighted by Gasteiger charge is -2.34. The number of thioether (sulfide) groups is 1. The van der Waals surface area contributed by atoms with Crippen molar-refractivity contribution in [3.05, 3.63) is 102 Å². The van der Waals surface area contributed by atoms with Crippen molar-refractivity contribution >= 4 is 23.4 Å². The number of fused-ring (bicyclic) bond motifs is 1. The third-order valence-electron chi connectivity index (χ3n) is 6.63. The van der Waals surface area contributed by atoms with E-state index in [1.165, 1.54) is 29.5 Å². The lowest BCUT2D eigenvalue weighted by Crippen LogP contribution is -2.41. The maximum atomic E-state index is 12.5. The average Bonchev–Trinajstić information content (AvgIpc) is 3.18. The molecule has 0 atom stereocenters. The Morgan fingerprint density at radius 1 is 0.781 bits per heavy atom. The number of carbonyl (C=O) groups is 1. The van der Waals surface area contributed by atoms with Crippen LogP contribution in [0.2, 0.25) is 0 Å². The van der Waals surface area contributed by atoms with E-state index in [0.717, 1.165) is 31.9 Å². The molecule has 5 rings (SSSR count). The number of likely N-dealkylation sites (tertiary alicyclic amines) is 1. The fourth-order valence-corrected chi connectivity index (χ4v) is 6.37. The number of amides is 1. The Kier molecular flexibility index (Phi) is 6.61. The van der Waals surface area contributed by atoms with Crippen molar-refractivity contribution in [2.45, 2.75) is 29.8 Å². The Bertz CT molecular complexity index is 992. The number of para-hydroxylation sites is 1. The third-order valence-corrected chi connectivity index (χ3v) is 8.31. The van der Waals surface area contributed by atoms with Gasteiger partial charge in [-0.25, -0.2) is 0 Å². The van der Waals surface area contributed by atoms with Crippen LogP contribution in [-0.4, -0.2) is 42.2 Å². The van der Waals surface area contributed by atoms with Crippen molar-refractivity contribution < 1.29 is 4.79 Å². The number of hydrogen-bond acceptors (Lipinski definition) is 3. The van der Waals surface area contributed by atoms with Gasteiger partial charge in [0.25, 0.3) is 0 Å². The van der Waals surface area contributed by atoms with E-state index in [2.05, 4.69) is 89.5 Å². The summed E-state index contributed by atoms with van der Waals surface area (Å²) in [6, 6.07) is 30.0. The fraction of sp³-hybridized carbons (Fsp3) is 0.321. The smallest absolute Gasteiger partial charge is 0.231 e. The van der Waals surface area contributed by atoms with E-state index in [1.807, 2.05) is 17.0 Å². The first-order chi connectivity index (χ1) is 15.8. The highest BCUT2D eigenvalue weighted by molar-refractivity contribution is 8.00. The Labute approximate surface area is 195 Å². The van der Waals surface area contributed by atoms with Gasteiger partial charge in [0.1, 0.15) is 0 Å². The summed E-state index contributed by atoms with van der Waals surface area (Å²) in [4.78, 5) is 17.0. The molecule has 0 aromatic heterocycles. The molecule has 2 aliphatic rings. The summed E-state index contributed by atoms with van der Waals surface area (Å²) in [7, 11) is 0. The zero-order valence-corrected chi connectivity index (χ0v) is 19.2. The Morgan fingerprint density at radius 2 is 1.38 bits per heavy atom. The minimum absolute atomic E-state index is 0.241. The quantitative estimate of drug-likeness (QED) is 0.478. The zero-order chi connectivity index (χ0) is 21.8. The molecule has 1 saturated heterocycles. The molecule has 1 amide bonds. The van der Waals surface area contributed by atoms with Crippen molar-refractivity contribution in [2.24, 2.45) is 0 Å². The van der Waals surface area contributed by atoms with Gasteiger partial charge in [-0.2, -0.15) is 0 Å². The molecule has 164 valence electrons. The van der Waals surface area contributed by atoms with Gasteiger partial charge in [-0.3, -0.25) is 4.79 Å². The summed E-state index contributed by atoms with van der Waals surface area (Å²) in [5, 5.41) is 1.04. The normalized spacial score (nSPS) is 17.2. The molecule has 2 heterocycles. The first kappa shape index (κ1) is 21.3. The van der Waals surface area contributed by atoms with Gasteiger partial charge in [-0.05, 0) is 48.7 Å². The molecule has 4 heteroatoms. The number of carbonyl (C=O) groups excluding carboxylic acids is 1. The molecule has 0 spiro atoms. The molecule has 1 fully saturated rings. The van der Waals surface area contributed by atoms with Crippen LogP contribution in [0.5, 0.6) is 0 Å². The highest BCUT2D eigenvalue weighted by Gasteiger charge is 2.28. The van der Waals surface area contributed by atoms with Crippen molar-refractivity contribution in [1.29, 1.82) is 0 Å². The van der Waals surface area contributed by atoms with Crippen molar-refractivity contribution in [3.63, 3.8) is 0 Å². The second-order valence-electron chi connectivity index (χ2n) is 8.73. The van der Waals surface area contributed by atoms with Gasteiger partial charge >= 0.3 is 0 Å². The van der Waals surface area contributed by atoms with Crippen molar-refractivity contribution in [2.75, 3.05) is 31.1 Å². The molecule has 0 radical (unpaired) electrons. The Morgan fingerprint density at radius 3 is 2.03 bits per heavy atom. The molecular weight excluding hydrogens is 412 g/mol. The molecule has 0 N–H and O–H groups in total. The van der Waals surface area contributed by atoms with Gasteiger partial charge < -0.3 is 9.80 Å². The molecule has 3 aromatic carbocycles. The van der Waals surface area contributed by atoms with Gasteiger partial charge in [0, 0.05) is 24.0 Å². The SMILES string of the molecule is O=C1Cc2ccccc2N1CCN1CCC(SC(c2ccccc2)c2ccccc2)CC1. The van der Waals surface area contributed by atoms with Crippen LogP contribution in [-0.2, 0) is 11.2 Å². The van der Waals surface area contributed by atoms with E-state index in [0.29, 0.717) is 16.9 Å². The summed E-state index contributed by atoms with van der Waals surface area (Å²) in [5.74, 6) is 0.241. The lowest BCUT2D eigenvalue weighted by molar-refractivity contribution is -0.117. The first-order valence-electron chi connectivity index (χ1n) is 11.6. The summed E-state index contributed by atoms with van der Waals surface area (Å²) < 4.78 is 0. The first-order valence-corrected chi connectivity index (χ1v) is 12.6. The van der Waals surface area contributed by atoms with Crippen LogP contribution in [0.25, 0.3) is 0 Å². The third kappa shape index (κ3) is 4.77. The van der Waals surface area contributed by atoms with E-state index >= 15 is 0 Å². The topological polar surface area (TPSA) is 23.6 Å². The number of rotatable bonds is 7. The Hall–Kier alpha value is -2.56. The van der Waals surface area contributed by atoms with Crippen LogP contribution in [0.3, 0.4) is 0 Å². The number of benzene rings is 3. The molecule has 2 aliphatic heterocycles. The highest BCUT2D eigenvalue weighted by Crippen LogP contribution is 2.41. The average molecular weight is 443 g/mol. The van der Waals surface area contributed by atoms with Crippen LogP contribution >= 0.6 is 11.8 Å².